The Hall–Kier alpha value is -1.53. The Balaban J connectivity index is 2.47. The molecule has 0 nitrogen and oxygen atoms in total. The minimum absolute atomic E-state index is 0.790. The second-order valence-electron chi connectivity index (χ2n) is 3.69. The smallest absolute Gasteiger partial charge is 0.0412 e. The van der Waals surface area contributed by atoms with Gasteiger partial charge in [0.15, 0.2) is 0 Å². The normalized spacial score (nSPS) is 11.0. The van der Waals surface area contributed by atoms with Gasteiger partial charge in [-0.25, -0.2) is 0 Å². The van der Waals surface area contributed by atoms with Crippen molar-refractivity contribution in [3.8, 4) is 0 Å². The molecule has 0 radical (unpaired) electrons. The zero-order chi connectivity index (χ0) is 10.3. The van der Waals surface area contributed by atoms with Gasteiger partial charge >= 0.3 is 0 Å². The maximum atomic E-state index is 5.97. The molecule has 3 rings (SSSR count). The van der Waals surface area contributed by atoms with Gasteiger partial charge in [0.1, 0.15) is 0 Å². The van der Waals surface area contributed by atoms with E-state index < -0.39 is 0 Å². The van der Waals surface area contributed by atoms with Crippen molar-refractivity contribution in [2.75, 3.05) is 0 Å². The molecule has 0 amide bonds. The number of halogens is 1. The van der Waals surface area contributed by atoms with E-state index in [1.165, 1.54) is 21.5 Å². The molecule has 3 aromatic rings. The largest absolute Gasteiger partial charge is 0.0843 e. The molecule has 0 bridgehead atoms. The number of benzene rings is 3. The first-order valence-electron chi connectivity index (χ1n) is 4.91. The van der Waals surface area contributed by atoms with Crippen LogP contribution in [0.25, 0.3) is 21.5 Å². The van der Waals surface area contributed by atoms with Gasteiger partial charge in [-0.1, -0.05) is 41.9 Å². The van der Waals surface area contributed by atoms with Gasteiger partial charge in [-0.3, -0.25) is 0 Å². The third kappa shape index (κ3) is 1.47. The first-order chi connectivity index (χ1) is 7.33. The fourth-order valence-electron chi connectivity index (χ4n) is 1.91. The monoisotopic (exact) mass is 218 g/mol. The van der Waals surface area contributed by atoms with Gasteiger partial charge in [0.25, 0.3) is 0 Å². The predicted octanol–water partition coefficient (Wildman–Crippen LogP) is 4.65. The minimum Gasteiger partial charge on any atom is -0.0843 e. The van der Waals surface area contributed by atoms with Crippen molar-refractivity contribution in [3.63, 3.8) is 0 Å². The second kappa shape index (κ2) is 3.25. The third-order valence-corrected chi connectivity index (χ3v) is 2.90. The highest BCUT2D eigenvalue weighted by Crippen LogP contribution is 2.24. The van der Waals surface area contributed by atoms with Crippen LogP contribution in [0.4, 0.5) is 0 Å². The van der Waals surface area contributed by atoms with Gasteiger partial charge in [-0.05, 0) is 45.8 Å². The van der Waals surface area contributed by atoms with Crippen molar-refractivity contribution in [1.82, 2.24) is 0 Å². The summed E-state index contributed by atoms with van der Waals surface area (Å²) in [6, 6.07) is 18.7. The number of rotatable bonds is 0. The van der Waals surface area contributed by atoms with E-state index in [1.54, 1.807) is 0 Å². The predicted molar refractivity (Wildman–Crippen MR) is 66.5 cm³/mol. The molecule has 0 saturated heterocycles. The van der Waals surface area contributed by atoms with Crippen molar-refractivity contribution in [2.24, 2.45) is 0 Å². The Kier molecular flexibility index (Phi) is 1.90. The fourth-order valence-corrected chi connectivity index (χ4v) is 2.09. The number of fused-ring (bicyclic) bond motifs is 2. The molecule has 0 heterocycles. The Labute approximate surface area is 93.1 Å². The van der Waals surface area contributed by atoms with E-state index in [-0.39, 0.29) is 0 Å². The lowest BCUT2D eigenvalue weighted by molar-refractivity contribution is 1.76. The first kappa shape index (κ1) is 8.75. The van der Waals surface area contributed by atoms with Crippen LogP contribution in [0.15, 0.2) is 54.6 Å². The zero-order valence-electron chi connectivity index (χ0n) is 8.07. The molecule has 0 N–H and O–H groups in total. The summed E-state index contributed by atoms with van der Waals surface area (Å²) >= 11 is 5.97. The van der Waals surface area contributed by atoms with Gasteiger partial charge in [-0.2, -0.15) is 0 Å². The van der Waals surface area contributed by atoms with E-state index in [0.29, 0.717) is 0 Å². The molecule has 0 aliphatic heterocycles. The molecule has 0 saturated carbocycles. The van der Waals surface area contributed by atoms with Gasteiger partial charge < -0.3 is 0 Å². The van der Waals surface area contributed by atoms with E-state index >= 15 is 0 Å². The minimum atomic E-state index is 0.790. The Morgan fingerprint density at radius 3 is 1.93 bits per heavy atom. The van der Waals surface area contributed by atoms with Crippen molar-refractivity contribution < 1.29 is 0 Å². The lowest BCUT2D eigenvalue weighted by atomic mass is 10.2. The summed E-state index contributed by atoms with van der Waals surface area (Å²) in [5.74, 6) is 0. The summed E-state index contributed by atoms with van der Waals surface area (Å²) in [6.07, 6.45) is 0. The molecular weight excluding hydrogens is 210 g/mol. The van der Waals surface area contributed by atoms with E-state index in [4.69, 9.17) is 11.6 Å². The van der Waals surface area contributed by atoms with Crippen LogP contribution >= 0.6 is 11.6 Å². The molecule has 0 unspecified atom stereocenters. The van der Waals surface area contributed by atoms with Crippen molar-refractivity contribution >= 4 is 33.1 Å². The number of hydrogen-bond donors (Lipinski definition) is 0. The maximum Gasteiger partial charge on any atom is 0.0412 e. The summed E-state index contributed by atoms with van der Waals surface area (Å²) in [5.41, 5.74) is 0. The van der Waals surface area contributed by atoms with Crippen LogP contribution in [0.1, 0.15) is 0 Å². The molecular formula is C14H9Cl. The summed E-state index contributed by atoms with van der Waals surface area (Å²) in [7, 11) is 0. The lowest BCUT2D eigenvalue weighted by Gasteiger charge is -2.02. The van der Waals surface area contributed by atoms with E-state index in [1.807, 2.05) is 12.1 Å². The molecule has 0 fully saturated rings. The second-order valence-corrected chi connectivity index (χ2v) is 4.13. The molecule has 15 heavy (non-hydrogen) atoms. The SMILES string of the molecule is Clc1ccc2c[13c]3[13cH][13cH][13cH][13cH][13c]3cc2c1. The van der Waals surface area contributed by atoms with Crippen molar-refractivity contribution in [2.45, 2.75) is 0 Å². The third-order valence-electron chi connectivity index (χ3n) is 2.67. The van der Waals surface area contributed by atoms with Crippen molar-refractivity contribution in [3.05, 3.63) is 59.6 Å². The van der Waals surface area contributed by atoms with Crippen LogP contribution < -0.4 is 0 Å². The first-order valence-corrected chi connectivity index (χ1v) is 5.29. The highest BCUT2D eigenvalue weighted by molar-refractivity contribution is 6.31. The van der Waals surface area contributed by atoms with Crippen molar-refractivity contribution in [1.29, 1.82) is 0 Å². The Morgan fingerprint density at radius 1 is 0.600 bits per heavy atom. The quantitative estimate of drug-likeness (QED) is 0.482. The summed E-state index contributed by atoms with van der Waals surface area (Å²) in [4.78, 5) is 0. The van der Waals surface area contributed by atoms with Crippen LogP contribution in [0.3, 0.4) is 0 Å². The van der Waals surface area contributed by atoms with Gasteiger partial charge in [0, 0.05) is 5.02 Å². The van der Waals surface area contributed by atoms with Gasteiger partial charge in [-0.15, -0.1) is 0 Å². The van der Waals surface area contributed by atoms with Crippen LogP contribution in [0.5, 0.6) is 0 Å². The molecule has 0 atom stereocenters. The van der Waals surface area contributed by atoms with Crippen LogP contribution in [0, 0.1) is 0 Å². The standard InChI is InChI=1S/C14H9Cl/c15-14-6-5-12-7-10-3-1-2-4-11(10)8-13(12)9-14/h1-9H/i1+1,2+1,3+1,4+1,10+1,11+1. The lowest BCUT2D eigenvalue weighted by Crippen LogP contribution is -1.75. The summed E-state index contributed by atoms with van der Waals surface area (Å²) in [6.45, 7) is 0. The number of hydrogen-bond acceptors (Lipinski definition) is 0. The molecule has 3 aromatic carbocycles. The van der Waals surface area contributed by atoms with Crippen LogP contribution in [0.2, 0.25) is 5.02 Å². The highest BCUT2D eigenvalue weighted by Gasteiger charge is 1.97. The van der Waals surface area contributed by atoms with Crippen LogP contribution in [-0.2, 0) is 0 Å². The zero-order valence-corrected chi connectivity index (χ0v) is 8.83. The fraction of sp³-hybridized carbons (Fsp3) is 0. The molecule has 72 valence electrons. The summed E-state index contributed by atoms with van der Waals surface area (Å²) in [5, 5.41) is 5.75. The average Bonchev–Trinajstić information content (AvgIpc) is 2.26. The molecule has 0 aliphatic rings. The van der Waals surface area contributed by atoms with E-state index in [9.17, 15) is 0 Å². The molecule has 1 heteroatoms. The van der Waals surface area contributed by atoms with Gasteiger partial charge in [0.2, 0.25) is 0 Å². The van der Waals surface area contributed by atoms with Gasteiger partial charge in [0.05, 0.1) is 0 Å². The van der Waals surface area contributed by atoms with Crippen LogP contribution in [-0.4, -0.2) is 0 Å². The average molecular weight is 219 g/mol. The van der Waals surface area contributed by atoms with E-state index in [2.05, 4.69) is 42.5 Å². The molecule has 0 aliphatic carbocycles. The topological polar surface area (TPSA) is 0 Å². The Morgan fingerprint density at radius 2 is 1.20 bits per heavy atom. The Bertz CT molecular complexity index is 641. The molecule has 0 aromatic heterocycles. The maximum absolute atomic E-state index is 5.97. The van der Waals surface area contributed by atoms with E-state index in [0.717, 1.165) is 5.02 Å². The highest BCUT2D eigenvalue weighted by atomic mass is 35.5. The summed E-state index contributed by atoms with van der Waals surface area (Å²) < 4.78 is 0. The molecule has 0 spiro atoms.